The van der Waals surface area contributed by atoms with Gasteiger partial charge < -0.3 is 10.1 Å². The van der Waals surface area contributed by atoms with Crippen LogP contribution in [-0.2, 0) is 0 Å². The maximum absolute atomic E-state index is 11.2. The molecule has 0 aliphatic rings. The number of nitrogens with zero attached hydrogens (tertiary/aromatic N) is 3. The number of hydrogen-bond donors (Lipinski definition) is 2. The molecule has 0 unspecified atom stereocenters. The van der Waals surface area contributed by atoms with E-state index in [0.29, 0.717) is 16.9 Å². The van der Waals surface area contributed by atoms with E-state index in [-0.39, 0.29) is 11.5 Å². The molecule has 6 nitrogen and oxygen atoms in total. The number of para-hydroxylation sites is 1. The molecule has 3 aromatic rings. The van der Waals surface area contributed by atoms with Crippen LogP contribution in [0.5, 0.6) is 0 Å². The third kappa shape index (κ3) is 1.96. The Morgan fingerprint density at radius 1 is 1.40 bits per heavy atom. The lowest BCUT2D eigenvalue weighted by Gasteiger charge is -2.00. The summed E-state index contributed by atoms with van der Waals surface area (Å²) in [7, 11) is 0. The third-order valence-corrected chi connectivity index (χ3v) is 3.77. The molecule has 0 spiro atoms. The van der Waals surface area contributed by atoms with E-state index in [4.69, 9.17) is 0 Å². The second-order valence-electron chi connectivity index (χ2n) is 4.73. The van der Waals surface area contributed by atoms with Gasteiger partial charge >= 0.3 is 5.97 Å². The number of imidazole rings is 1. The van der Waals surface area contributed by atoms with Gasteiger partial charge in [-0.05, 0) is 29.6 Å². The Bertz CT molecular complexity index is 791. The number of carboxylic acids is 1. The van der Waals surface area contributed by atoms with Crippen molar-refractivity contribution in [2.75, 3.05) is 0 Å². The summed E-state index contributed by atoms with van der Waals surface area (Å²) in [6.45, 7) is 4.07. The van der Waals surface area contributed by atoms with Crippen LogP contribution in [0.15, 0.2) is 18.2 Å². The predicted molar refractivity (Wildman–Crippen MR) is 76.0 cm³/mol. The summed E-state index contributed by atoms with van der Waals surface area (Å²) >= 11 is 1.26. The number of H-pyrrole nitrogens is 1. The largest absolute Gasteiger partial charge is 0.478 e. The number of rotatable bonds is 3. The van der Waals surface area contributed by atoms with Crippen LogP contribution in [0.1, 0.15) is 35.8 Å². The van der Waals surface area contributed by atoms with Crippen molar-refractivity contribution in [3.63, 3.8) is 0 Å². The van der Waals surface area contributed by atoms with E-state index in [2.05, 4.69) is 19.6 Å². The molecule has 0 saturated carbocycles. The number of aromatic amines is 1. The van der Waals surface area contributed by atoms with Gasteiger partial charge in [-0.15, -0.1) is 5.10 Å². The minimum Gasteiger partial charge on any atom is -0.478 e. The van der Waals surface area contributed by atoms with Crippen LogP contribution < -0.4 is 0 Å². The Kier molecular flexibility index (Phi) is 2.98. The molecule has 102 valence electrons. The van der Waals surface area contributed by atoms with Crippen molar-refractivity contribution >= 4 is 28.5 Å². The van der Waals surface area contributed by atoms with Crippen molar-refractivity contribution in [2.24, 2.45) is 0 Å². The van der Waals surface area contributed by atoms with Gasteiger partial charge in [0.25, 0.3) is 0 Å². The molecule has 3 rings (SSSR count). The molecule has 0 aliphatic carbocycles. The highest BCUT2D eigenvalue weighted by molar-refractivity contribution is 7.09. The van der Waals surface area contributed by atoms with Gasteiger partial charge in [-0.1, -0.05) is 24.4 Å². The maximum Gasteiger partial charge on any atom is 0.337 e. The number of carboxylic acid groups (broad SMARTS) is 1. The first-order chi connectivity index (χ1) is 9.58. The molecule has 0 saturated heterocycles. The Labute approximate surface area is 118 Å². The van der Waals surface area contributed by atoms with Gasteiger partial charge in [-0.3, -0.25) is 0 Å². The second-order valence-corrected chi connectivity index (χ2v) is 5.49. The highest BCUT2D eigenvalue weighted by atomic mass is 32.1. The predicted octanol–water partition coefficient (Wildman–Crippen LogP) is 2.90. The second kappa shape index (κ2) is 4.68. The lowest BCUT2D eigenvalue weighted by Crippen LogP contribution is -1.96. The molecule has 7 heteroatoms. The number of aromatic carboxylic acids is 1. The van der Waals surface area contributed by atoms with E-state index in [9.17, 15) is 9.90 Å². The molecule has 0 radical (unpaired) electrons. The topological polar surface area (TPSA) is 91.8 Å². The van der Waals surface area contributed by atoms with E-state index in [1.165, 1.54) is 11.5 Å². The fourth-order valence-electron chi connectivity index (χ4n) is 2.05. The third-order valence-electron chi connectivity index (χ3n) is 3.02. The van der Waals surface area contributed by atoms with Crippen LogP contribution in [-0.4, -0.2) is 30.6 Å². The molecule has 0 atom stereocenters. The van der Waals surface area contributed by atoms with Gasteiger partial charge in [0, 0.05) is 0 Å². The lowest BCUT2D eigenvalue weighted by molar-refractivity contribution is 0.0699. The minimum absolute atomic E-state index is 0.188. The number of carbonyl (C=O) groups is 1. The molecular weight excluding hydrogens is 276 g/mol. The Hall–Kier alpha value is -2.28. The van der Waals surface area contributed by atoms with Crippen LogP contribution >= 0.6 is 11.5 Å². The first kappa shape index (κ1) is 12.7. The minimum atomic E-state index is -0.986. The van der Waals surface area contributed by atoms with Gasteiger partial charge in [-0.2, -0.15) is 0 Å². The zero-order chi connectivity index (χ0) is 14.3. The average Bonchev–Trinajstić information content (AvgIpc) is 3.03. The Morgan fingerprint density at radius 2 is 2.20 bits per heavy atom. The van der Waals surface area contributed by atoms with Gasteiger partial charge in [-0.25, -0.2) is 9.78 Å². The molecule has 2 aromatic heterocycles. The molecule has 20 heavy (non-hydrogen) atoms. The molecule has 0 aliphatic heterocycles. The molecule has 2 heterocycles. The van der Waals surface area contributed by atoms with Gasteiger partial charge in [0.05, 0.1) is 16.8 Å². The zero-order valence-electron chi connectivity index (χ0n) is 10.9. The first-order valence-electron chi connectivity index (χ1n) is 6.12. The van der Waals surface area contributed by atoms with Gasteiger partial charge in [0.1, 0.15) is 10.4 Å². The molecule has 0 bridgehead atoms. The van der Waals surface area contributed by atoms with Crippen LogP contribution in [0.3, 0.4) is 0 Å². The summed E-state index contributed by atoms with van der Waals surface area (Å²) in [6.07, 6.45) is 0. The number of fused-ring (bicyclic) bond motifs is 1. The summed E-state index contributed by atoms with van der Waals surface area (Å²) < 4.78 is 3.96. The van der Waals surface area contributed by atoms with E-state index in [1.807, 2.05) is 19.9 Å². The van der Waals surface area contributed by atoms with Crippen molar-refractivity contribution < 1.29 is 9.90 Å². The summed E-state index contributed by atoms with van der Waals surface area (Å²) in [5.41, 5.74) is 2.21. The van der Waals surface area contributed by atoms with Crippen molar-refractivity contribution in [2.45, 2.75) is 19.8 Å². The Balaban J connectivity index is 2.21. The summed E-state index contributed by atoms with van der Waals surface area (Å²) in [5.74, 6) is -0.136. The fraction of sp³-hybridized carbons (Fsp3) is 0.231. The number of benzene rings is 1. The van der Waals surface area contributed by atoms with E-state index in [1.54, 1.807) is 12.1 Å². The highest BCUT2D eigenvalue weighted by Crippen LogP contribution is 2.30. The first-order valence-corrected chi connectivity index (χ1v) is 6.90. The number of hydrogen-bond acceptors (Lipinski definition) is 5. The van der Waals surface area contributed by atoms with Crippen molar-refractivity contribution in [1.82, 2.24) is 19.6 Å². The van der Waals surface area contributed by atoms with Gasteiger partial charge in [0.2, 0.25) is 0 Å². The lowest BCUT2D eigenvalue weighted by atomic mass is 10.1. The smallest absolute Gasteiger partial charge is 0.337 e. The monoisotopic (exact) mass is 288 g/mol. The molecule has 1 aromatic carbocycles. The SMILES string of the molecule is CC(C)c1nnsc1-c1nc2c(C(=O)O)cccc2[nH]1. The molecule has 0 amide bonds. The van der Waals surface area contributed by atoms with Crippen LogP contribution in [0, 0.1) is 0 Å². The van der Waals surface area contributed by atoms with Crippen LogP contribution in [0.2, 0.25) is 0 Å². The molecule has 2 N–H and O–H groups in total. The quantitative estimate of drug-likeness (QED) is 0.773. The standard InChI is InChI=1S/C13H12N4O2S/c1-6(2)9-11(20-17-16-9)12-14-8-5-3-4-7(13(18)19)10(8)15-12/h3-6H,1-2H3,(H,14,15)(H,18,19). The average molecular weight is 288 g/mol. The van der Waals surface area contributed by atoms with Crippen molar-refractivity contribution in [3.05, 3.63) is 29.5 Å². The van der Waals surface area contributed by atoms with Gasteiger partial charge in [0.15, 0.2) is 5.82 Å². The van der Waals surface area contributed by atoms with Crippen LogP contribution in [0.4, 0.5) is 0 Å². The molecular formula is C13H12N4O2S. The van der Waals surface area contributed by atoms with Crippen LogP contribution in [0.25, 0.3) is 21.7 Å². The van der Waals surface area contributed by atoms with Crippen molar-refractivity contribution in [3.8, 4) is 10.7 Å². The highest BCUT2D eigenvalue weighted by Gasteiger charge is 2.19. The molecule has 0 fully saturated rings. The van der Waals surface area contributed by atoms with Crippen molar-refractivity contribution in [1.29, 1.82) is 0 Å². The zero-order valence-corrected chi connectivity index (χ0v) is 11.7. The fourth-order valence-corrected chi connectivity index (χ4v) is 2.82. The number of nitrogens with one attached hydrogen (secondary N) is 1. The number of aromatic nitrogens is 4. The summed E-state index contributed by atoms with van der Waals surface area (Å²) in [4.78, 5) is 19.6. The van der Waals surface area contributed by atoms with E-state index < -0.39 is 5.97 Å². The van der Waals surface area contributed by atoms with E-state index >= 15 is 0 Å². The summed E-state index contributed by atoms with van der Waals surface area (Å²) in [5, 5.41) is 13.3. The van der Waals surface area contributed by atoms with E-state index in [0.717, 1.165) is 10.6 Å². The normalized spacial score (nSPS) is 11.3. The maximum atomic E-state index is 11.2. The summed E-state index contributed by atoms with van der Waals surface area (Å²) in [6, 6.07) is 5.05. The Morgan fingerprint density at radius 3 is 2.90 bits per heavy atom.